The third kappa shape index (κ3) is 4.45. The van der Waals surface area contributed by atoms with Crippen molar-refractivity contribution >= 4 is 33.1 Å². The first-order valence-corrected chi connectivity index (χ1v) is 12.3. The van der Waals surface area contributed by atoms with Gasteiger partial charge in [0.2, 0.25) is 5.91 Å². The number of methoxy groups -OCH3 is 1. The second kappa shape index (κ2) is 9.46. The van der Waals surface area contributed by atoms with Crippen LogP contribution in [0.15, 0.2) is 48.5 Å². The molecule has 2 aliphatic rings. The molecule has 2 aromatic carbocycles. The van der Waals surface area contributed by atoms with Gasteiger partial charge in [-0.1, -0.05) is 24.3 Å². The Balaban J connectivity index is 1.11. The van der Waals surface area contributed by atoms with E-state index < -0.39 is 0 Å². The number of piperidine rings is 1. The maximum Gasteiger partial charge on any atom is 0.236 e. The Morgan fingerprint density at radius 1 is 1.00 bits per heavy atom. The van der Waals surface area contributed by atoms with E-state index in [1.165, 1.54) is 9.71 Å². The molecule has 2 saturated heterocycles. The van der Waals surface area contributed by atoms with Gasteiger partial charge in [0.15, 0.2) is 0 Å². The van der Waals surface area contributed by atoms with Gasteiger partial charge in [0, 0.05) is 32.1 Å². The minimum absolute atomic E-state index is 0.253. The predicted octanol–water partition coefficient (Wildman–Crippen LogP) is 3.83. The van der Waals surface area contributed by atoms with Crippen LogP contribution >= 0.6 is 11.3 Å². The Kier molecular flexibility index (Phi) is 6.28. The van der Waals surface area contributed by atoms with Crippen molar-refractivity contribution in [2.75, 3.05) is 57.8 Å². The van der Waals surface area contributed by atoms with Crippen molar-refractivity contribution in [3.63, 3.8) is 0 Å². The van der Waals surface area contributed by atoms with E-state index in [4.69, 9.17) is 9.72 Å². The summed E-state index contributed by atoms with van der Waals surface area (Å²) in [5, 5.41) is 1.25. The Morgan fingerprint density at radius 2 is 1.72 bits per heavy atom. The van der Waals surface area contributed by atoms with Crippen LogP contribution in [0.2, 0.25) is 0 Å². The van der Waals surface area contributed by atoms with E-state index in [2.05, 4.69) is 40.1 Å². The first-order valence-electron chi connectivity index (χ1n) is 11.4. The van der Waals surface area contributed by atoms with E-state index in [0.717, 1.165) is 69.1 Å². The molecule has 0 aliphatic carbocycles. The minimum Gasteiger partial charge on any atom is -0.495 e. The standard InChI is InChI=1S/C25H30N4O2S/c1-31-22-8-4-3-7-21(22)28-14-16-29(17-15-28)24(30)18-27-12-10-19(11-13-27)25-26-20-6-2-5-9-23(20)32-25/h2-9,19H,10-18H2,1H3. The monoisotopic (exact) mass is 450 g/mol. The topological polar surface area (TPSA) is 48.9 Å². The molecule has 0 saturated carbocycles. The number of piperazine rings is 1. The molecule has 1 aromatic heterocycles. The van der Waals surface area contributed by atoms with Crippen molar-refractivity contribution < 1.29 is 9.53 Å². The SMILES string of the molecule is COc1ccccc1N1CCN(C(=O)CN2CCC(c3nc4ccccc4s3)CC2)CC1. The number of aromatic nitrogens is 1. The second-order valence-electron chi connectivity index (χ2n) is 8.61. The number of hydrogen-bond donors (Lipinski definition) is 0. The zero-order valence-corrected chi connectivity index (χ0v) is 19.4. The van der Waals surface area contributed by atoms with E-state index in [0.29, 0.717) is 12.5 Å². The quantitative estimate of drug-likeness (QED) is 0.591. The number of likely N-dealkylation sites (tertiary alicyclic amines) is 1. The number of amides is 1. The van der Waals surface area contributed by atoms with Gasteiger partial charge in [-0.15, -0.1) is 11.3 Å². The van der Waals surface area contributed by atoms with Crippen LogP contribution in [-0.2, 0) is 4.79 Å². The van der Waals surface area contributed by atoms with Crippen molar-refractivity contribution in [3.8, 4) is 5.75 Å². The number of fused-ring (bicyclic) bond motifs is 1. The number of para-hydroxylation sites is 3. The Hall–Kier alpha value is -2.64. The molecule has 3 heterocycles. The Labute approximate surface area is 193 Å². The highest BCUT2D eigenvalue weighted by atomic mass is 32.1. The second-order valence-corrected chi connectivity index (χ2v) is 9.67. The van der Waals surface area contributed by atoms with Crippen molar-refractivity contribution in [1.82, 2.24) is 14.8 Å². The molecular weight excluding hydrogens is 420 g/mol. The molecule has 0 radical (unpaired) electrons. The molecule has 2 fully saturated rings. The van der Waals surface area contributed by atoms with Crippen molar-refractivity contribution in [2.24, 2.45) is 0 Å². The van der Waals surface area contributed by atoms with Crippen molar-refractivity contribution in [3.05, 3.63) is 53.5 Å². The van der Waals surface area contributed by atoms with E-state index in [1.807, 2.05) is 34.4 Å². The van der Waals surface area contributed by atoms with Crippen LogP contribution in [-0.4, -0.2) is 73.6 Å². The summed E-state index contributed by atoms with van der Waals surface area (Å²) in [5.41, 5.74) is 2.22. The molecule has 32 heavy (non-hydrogen) atoms. The zero-order valence-electron chi connectivity index (χ0n) is 18.6. The van der Waals surface area contributed by atoms with E-state index in [1.54, 1.807) is 7.11 Å². The number of ether oxygens (including phenoxy) is 1. The number of hydrogen-bond acceptors (Lipinski definition) is 6. The van der Waals surface area contributed by atoms with Crippen LogP contribution in [0.3, 0.4) is 0 Å². The molecule has 3 aromatic rings. The van der Waals surface area contributed by atoms with Gasteiger partial charge >= 0.3 is 0 Å². The summed E-state index contributed by atoms with van der Waals surface area (Å²) < 4.78 is 6.77. The van der Waals surface area contributed by atoms with Crippen LogP contribution in [0.1, 0.15) is 23.8 Å². The maximum absolute atomic E-state index is 12.9. The van der Waals surface area contributed by atoms with Gasteiger partial charge in [-0.3, -0.25) is 9.69 Å². The minimum atomic E-state index is 0.253. The molecule has 5 rings (SSSR count). The summed E-state index contributed by atoms with van der Waals surface area (Å²) in [6.45, 7) is 5.66. The largest absolute Gasteiger partial charge is 0.495 e. The van der Waals surface area contributed by atoms with Gasteiger partial charge < -0.3 is 14.5 Å². The van der Waals surface area contributed by atoms with E-state index in [-0.39, 0.29) is 5.91 Å². The highest BCUT2D eigenvalue weighted by Gasteiger charge is 2.27. The Bertz CT molecular complexity index is 1040. The number of carbonyl (C=O) groups excluding carboxylic acids is 1. The van der Waals surface area contributed by atoms with Crippen LogP contribution in [0.4, 0.5) is 5.69 Å². The lowest BCUT2D eigenvalue weighted by Crippen LogP contribution is -2.52. The number of anilines is 1. The van der Waals surface area contributed by atoms with Gasteiger partial charge in [-0.25, -0.2) is 4.98 Å². The average molecular weight is 451 g/mol. The van der Waals surface area contributed by atoms with Crippen molar-refractivity contribution in [2.45, 2.75) is 18.8 Å². The molecule has 0 unspecified atom stereocenters. The lowest BCUT2D eigenvalue weighted by molar-refractivity contribution is -0.133. The summed E-state index contributed by atoms with van der Waals surface area (Å²) in [5.74, 6) is 1.66. The van der Waals surface area contributed by atoms with Gasteiger partial charge in [0.05, 0.1) is 34.6 Å². The zero-order chi connectivity index (χ0) is 21.9. The average Bonchev–Trinajstić information content (AvgIpc) is 3.29. The fraction of sp³-hybridized carbons (Fsp3) is 0.440. The predicted molar refractivity (Wildman–Crippen MR) is 130 cm³/mol. The van der Waals surface area contributed by atoms with Crippen LogP contribution < -0.4 is 9.64 Å². The maximum atomic E-state index is 12.9. The summed E-state index contributed by atoms with van der Waals surface area (Å²) in [6.07, 6.45) is 2.16. The number of benzene rings is 2. The molecule has 0 atom stereocenters. The molecule has 1 amide bonds. The number of carbonyl (C=O) groups is 1. The smallest absolute Gasteiger partial charge is 0.236 e. The van der Waals surface area contributed by atoms with Crippen LogP contribution in [0.5, 0.6) is 5.75 Å². The van der Waals surface area contributed by atoms with Crippen LogP contribution in [0, 0.1) is 0 Å². The lowest BCUT2D eigenvalue weighted by atomic mass is 9.97. The lowest BCUT2D eigenvalue weighted by Gasteiger charge is -2.38. The molecular formula is C25H30N4O2S. The van der Waals surface area contributed by atoms with Gasteiger partial charge in [0.25, 0.3) is 0 Å². The third-order valence-electron chi connectivity index (χ3n) is 6.66. The number of thiazole rings is 1. The fourth-order valence-electron chi connectivity index (χ4n) is 4.78. The molecule has 7 heteroatoms. The third-order valence-corrected chi connectivity index (χ3v) is 7.86. The highest BCUT2D eigenvalue weighted by Crippen LogP contribution is 2.34. The number of nitrogens with zero attached hydrogens (tertiary/aromatic N) is 4. The normalized spacial score (nSPS) is 18.3. The molecule has 0 bridgehead atoms. The molecule has 2 aliphatic heterocycles. The number of rotatable bonds is 5. The molecule has 168 valence electrons. The van der Waals surface area contributed by atoms with Crippen molar-refractivity contribution in [1.29, 1.82) is 0 Å². The molecule has 0 N–H and O–H groups in total. The first kappa shape index (κ1) is 21.2. The summed E-state index contributed by atoms with van der Waals surface area (Å²) in [4.78, 5) is 24.4. The Morgan fingerprint density at radius 3 is 2.47 bits per heavy atom. The fourth-order valence-corrected chi connectivity index (χ4v) is 5.92. The summed E-state index contributed by atoms with van der Waals surface area (Å²) in [6, 6.07) is 16.5. The first-order chi connectivity index (χ1) is 15.7. The van der Waals surface area contributed by atoms with Gasteiger partial charge in [-0.2, -0.15) is 0 Å². The van der Waals surface area contributed by atoms with Gasteiger partial charge in [-0.05, 0) is 50.2 Å². The van der Waals surface area contributed by atoms with Crippen LogP contribution in [0.25, 0.3) is 10.2 Å². The summed E-state index contributed by atoms with van der Waals surface area (Å²) in [7, 11) is 1.71. The molecule has 6 nitrogen and oxygen atoms in total. The van der Waals surface area contributed by atoms with E-state index >= 15 is 0 Å². The van der Waals surface area contributed by atoms with Gasteiger partial charge in [0.1, 0.15) is 5.75 Å². The summed E-state index contributed by atoms with van der Waals surface area (Å²) >= 11 is 1.82. The molecule has 0 spiro atoms. The van der Waals surface area contributed by atoms with E-state index in [9.17, 15) is 4.79 Å². The highest BCUT2D eigenvalue weighted by molar-refractivity contribution is 7.18.